The average molecular weight is 358 g/mol. The molecule has 0 aromatic carbocycles. The third-order valence-electron chi connectivity index (χ3n) is 3.72. The van der Waals surface area contributed by atoms with Crippen molar-refractivity contribution >= 4 is 29.7 Å². The first-order valence-corrected chi connectivity index (χ1v) is 7.76. The lowest BCUT2D eigenvalue weighted by Gasteiger charge is -2.21. The first-order chi connectivity index (χ1) is 11.7. The fraction of sp³-hybridized carbons (Fsp3) is 0.643. The van der Waals surface area contributed by atoms with Crippen LogP contribution < -0.4 is 16.4 Å². The maximum absolute atomic E-state index is 11.9. The Labute approximate surface area is 143 Å². The number of carboxylic acid groups (broad SMARTS) is 2. The normalized spacial score (nSPS) is 17.6. The summed E-state index contributed by atoms with van der Waals surface area (Å²) >= 11 is 0. The van der Waals surface area contributed by atoms with Gasteiger partial charge in [0.1, 0.15) is 6.04 Å². The van der Waals surface area contributed by atoms with Crippen molar-refractivity contribution in [3.63, 3.8) is 0 Å². The van der Waals surface area contributed by atoms with Crippen LogP contribution in [0.2, 0.25) is 0 Å². The minimum absolute atomic E-state index is 0.0627. The molecule has 0 spiro atoms. The van der Waals surface area contributed by atoms with Crippen LogP contribution in [0.3, 0.4) is 0 Å². The molecule has 25 heavy (non-hydrogen) atoms. The summed E-state index contributed by atoms with van der Waals surface area (Å²) in [6, 6.07) is -1.93. The molecule has 0 radical (unpaired) electrons. The molecule has 0 aliphatic carbocycles. The van der Waals surface area contributed by atoms with E-state index in [9.17, 15) is 24.0 Å². The summed E-state index contributed by atoms with van der Waals surface area (Å²) in [5.41, 5.74) is 5.48. The molecule has 1 aliphatic heterocycles. The van der Waals surface area contributed by atoms with Crippen LogP contribution >= 0.6 is 0 Å². The topological polar surface area (TPSA) is 179 Å². The molecule has 0 aromatic heterocycles. The molecular weight excluding hydrogens is 336 g/mol. The van der Waals surface area contributed by atoms with Gasteiger partial charge in [0, 0.05) is 13.0 Å². The molecule has 11 nitrogen and oxygen atoms in total. The second kappa shape index (κ2) is 9.57. The van der Waals surface area contributed by atoms with E-state index in [4.69, 9.17) is 15.9 Å². The van der Waals surface area contributed by atoms with Gasteiger partial charge in [-0.2, -0.15) is 0 Å². The van der Waals surface area contributed by atoms with Gasteiger partial charge in [0.2, 0.25) is 17.7 Å². The molecule has 3 amide bonds. The Hall–Kier alpha value is -2.69. The van der Waals surface area contributed by atoms with Crippen LogP contribution in [0.4, 0.5) is 0 Å². The zero-order valence-corrected chi connectivity index (χ0v) is 13.6. The lowest BCUT2D eigenvalue weighted by atomic mass is 10.1. The predicted molar refractivity (Wildman–Crippen MR) is 83.2 cm³/mol. The Balaban J connectivity index is 2.30. The van der Waals surface area contributed by atoms with Gasteiger partial charge in [0.15, 0.2) is 0 Å². The quantitative estimate of drug-likeness (QED) is 0.300. The molecule has 140 valence electrons. The van der Waals surface area contributed by atoms with E-state index in [1.807, 2.05) is 0 Å². The highest BCUT2D eigenvalue weighted by Crippen LogP contribution is 2.17. The molecular formula is C14H22N4O7. The van der Waals surface area contributed by atoms with E-state index in [0.29, 0.717) is 19.4 Å². The van der Waals surface area contributed by atoms with Crippen LogP contribution in [-0.2, 0) is 24.0 Å². The molecule has 1 rings (SSSR count). The number of nitrogens with two attached hydrogens (primary N) is 1. The monoisotopic (exact) mass is 358 g/mol. The lowest BCUT2D eigenvalue weighted by molar-refractivity contribution is -0.148. The lowest BCUT2D eigenvalue weighted by Crippen LogP contribution is -2.48. The van der Waals surface area contributed by atoms with Gasteiger partial charge in [-0.05, 0) is 19.3 Å². The molecule has 0 bridgehead atoms. The van der Waals surface area contributed by atoms with Crippen molar-refractivity contribution in [2.75, 3.05) is 19.6 Å². The van der Waals surface area contributed by atoms with Crippen LogP contribution in [0.5, 0.6) is 0 Å². The van der Waals surface area contributed by atoms with Crippen molar-refractivity contribution in [2.24, 2.45) is 5.73 Å². The van der Waals surface area contributed by atoms with E-state index in [-0.39, 0.29) is 19.4 Å². The van der Waals surface area contributed by atoms with Crippen LogP contribution in [0.25, 0.3) is 0 Å². The standard InChI is InChI=1S/C14H22N4O7/c15-8(3-4-12(21)22)13(23)17-6-10(19)16-7-11(20)18-5-1-2-9(18)14(24)25/h8-9H,1-7,15H2,(H,16,19)(H,17,23)(H,21,22)(H,24,25). The highest BCUT2D eigenvalue weighted by atomic mass is 16.4. The van der Waals surface area contributed by atoms with Gasteiger partial charge in [0.05, 0.1) is 19.1 Å². The third-order valence-corrected chi connectivity index (χ3v) is 3.72. The van der Waals surface area contributed by atoms with E-state index in [1.54, 1.807) is 0 Å². The van der Waals surface area contributed by atoms with E-state index in [2.05, 4.69) is 10.6 Å². The Morgan fingerprint density at radius 1 is 1.12 bits per heavy atom. The number of carbonyl (C=O) groups excluding carboxylic acids is 3. The zero-order valence-electron chi connectivity index (χ0n) is 13.6. The number of carboxylic acids is 2. The molecule has 0 aromatic rings. The van der Waals surface area contributed by atoms with E-state index in [0.717, 1.165) is 0 Å². The Kier molecular flexibility index (Phi) is 7.79. The number of amides is 3. The second-order valence-electron chi connectivity index (χ2n) is 5.62. The molecule has 6 N–H and O–H groups in total. The van der Waals surface area contributed by atoms with Crippen molar-refractivity contribution in [3.8, 4) is 0 Å². The summed E-state index contributed by atoms with van der Waals surface area (Å²) in [6.45, 7) is -0.473. The molecule has 1 saturated heterocycles. The molecule has 11 heteroatoms. The number of nitrogens with zero attached hydrogens (tertiary/aromatic N) is 1. The molecule has 1 fully saturated rings. The van der Waals surface area contributed by atoms with Gasteiger partial charge in [-0.25, -0.2) is 4.79 Å². The summed E-state index contributed by atoms with van der Waals surface area (Å²) in [5, 5.41) is 22.0. The Bertz CT molecular complexity index is 551. The molecule has 0 saturated carbocycles. The van der Waals surface area contributed by atoms with E-state index < -0.39 is 48.3 Å². The summed E-state index contributed by atoms with van der Waals surface area (Å²) in [5.74, 6) is -3.99. The van der Waals surface area contributed by atoms with Gasteiger partial charge in [-0.1, -0.05) is 0 Å². The van der Waals surface area contributed by atoms with Gasteiger partial charge in [-0.15, -0.1) is 0 Å². The SMILES string of the molecule is NC(CCC(=O)O)C(=O)NCC(=O)NCC(=O)N1CCCC1C(=O)O. The van der Waals surface area contributed by atoms with Gasteiger partial charge in [0.25, 0.3) is 0 Å². The molecule has 1 aliphatic rings. The van der Waals surface area contributed by atoms with Gasteiger partial charge in [-0.3, -0.25) is 19.2 Å². The molecule has 1 heterocycles. The minimum atomic E-state index is -1.08. The van der Waals surface area contributed by atoms with Crippen molar-refractivity contribution < 1.29 is 34.2 Å². The maximum Gasteiger partial charge on any atom is 0.326 e. The molecule has 2 atom stereocenters. The number of nitrogens with one attached hydrogen (secondary N) is 2. The number of carbonyl (C=O) groups is 5. The summed E-state index contributed by atoms with van der Waals surface area (Å²) in [4.78, 5) is 57.7. The van der Waals surface area contributed by atoms with Crippen LogP contribution in [0, 0.1) is 0 Å². The van der Waals surface area contributed by atoms with E-state index >= 15 is 0 Å². The number of hydrogen-bond acceptors (Lipinski definition) is 6. The predicted octanol–water partition coefficient (Wildman–Crippen LogP) is -2.51. The second-order valence-corrected chi connectivity index (χ2v) is 5.62. The van der Waals surface area contributed by atoms with Crippen molar-refractivity contribution in [1.29, 1.82) is 0 Å². The Morgan fingerprint density at radius 2 is 1.80 bits per heavy atom. The maximum atomic E-state index is 11.9. The fourth-order valence-electron chi connectivity index (χ4n) is 2.37. The summed E-state index contributed by atoms with van der Waals surface area (Å²) in [6.07, 6.45) is 0.628. The number of hydrogen-bond donors (Lipinski definition) is 5. The van der Waals surface area contributed by atoms with Crippen molar-refractivity contribution in [1.82, 2.24) is 15.5 Å². The first kappa shape index (κ1) is 20.4. The largest absolute Gasteiger partial charge is 0.481 e. The number of aliphatic carboxylic acids is 2. The number of likely N-dealkylation sites (tertiary alicyclic amines) is 1. The summed E-state index contributed by atoms with van der Waals surface area (Å²) in [7, 11) is 0. The average Bonchev–Trinajstić information content (AvgIpc) is 3.05. The van der Waals surface area contributed by atoms with Crippen LogP contribution in [-0.4, -0.2) is 76.5 Å². The zero-order chi connectivity index (χ0) is 19.0. The van der Waals surface area contributed by atoms with Crippen LogP contribution in [0.1, 0.15) is 25.7 Å². The molecule has 2 unspecified atom stereocenters. The van der Waals surface area contributed by atoms with Crippen molar-refractivity contribution in [2.45, 2.75) is 37.8 Å². The first-order valence-electron chi connectivity index (χ1n) is 7.76. The third kappa shape index (κ3) is 6.75. The highest BCUT2D eigenvalue weighted by Gasteiger charge is 2.33. The minimum Gasteiger partial charge on any atom is -0.481 e. The summed E-state index contributed by atoms with van der Waals surface area (Å²) < 4.78 is 0. The van der Waals surface area contributed by atoms with Crippen molar-refractivity contribution in [3.05, 3.63) is 0 Å². The Morgan fingerprint density at radius 3 is 2.40 bits per heavy atom. The highest BCUT2D eigenvalue weighted by molar-refractivity contribution is 5.91. The smallest absolute Gasteiger partial charge is 0.326 e. The number of rotatable bonds is 9. The van der Waals surface area contributed by atoms with Crippen LogP contribution in [0.15, 0.2) is 0 Å². The van der Waals surface area contributed by atoms with Gasteiger partial charge < -0.3 is 31.5 Å². The van der Waals surface area contributed by atoms with Gasteiger partial charge >= 0.3 is 11.9 Å². The van der Waals surface area contributed by atoms with E-state index in [1.165, 1.54) is 4.90 Å². The fourth-order valence-corrected chi connectivity index (χ4v) is 2.37.